The van der Waals surface area contributed by atoms with E-state index in [9.17, 15) is 4.79 Å². The minimum atomic E-state index is -0.187. The number of methoxy groups -OCH3 is 1. The Labute approximate surface area is 164 Å². The van der Waals surface area contributed by atoms with Crippen LogP contribution in [-0.4, -0.2) is 18.9 Å². The molecule has 1 heterocycles. The van der Waals surface area contributed by atoms with E-state index in [0.29, 0.717) is 28.9 Å². The van der Waals surface area contributed by atoms with Gasteiger partial charge < -0.3 is 10.1 Å². The number of amides is 1. The van der Waals surface area contributed by atoms with Crippen LogP contribution in [0.3, 0.4) is 0 Å². The van der Waals surface area contributed by atoms with Crippen molar-refractivity contribution in [1.29, 1.82) is 0 Å². The third-order valence-electron chi connectivity index (χ3n) is 4.50. The zero-order valence-corrected chi connectivity index (χ0v) is 16.5. The number of aliphatic imine (C=N–C) groups is 1. The predicted octanol–water partition coefficient (Wildman–Crippen LogP) is 4.97. The first-order valence-electron chi connectivity index (χ1n) is 8.99. The summed E-state index contributed by atoms with van der Waals surface area (Å²) >= 11 is 6.02. The third-order valence-corrected chi connectivity index (χ3v) is 4.73. The van der Waals surface area contributed by atoms with Crippen molar-refractivity contribution in [3.8, 4) is 5.75 Å². The smallest absolute Gasteiger partial charge is 0.275 e. The van der Waals surface area contributed by atoms with Gasteiger partial charge in [0.15, 0.2) is 0 Å². The summed E-state index contributed by atoms with van der Waals surface area (Å²) in [4.78, 5) is 16.8. The third kappa shape index (κ3) is 4.77. The van der Waals surface area contributed by atoms with Crippen LogP contribution in [0.1, 0.15) is 42.9 Å². The number of ether oxygens (including phenoxy) is 1. The monoisotopic (exact) mass is 382 g/mol. The van der Waals surface area contributed by atoms with Gasteiger partial charge in [-0.05, 0) is 53.8 Å². The normalized spacial score (nSPS) is 15.2. The minimum absolute atomic E-state index is 0.187. The number of hydrogen-bond acceptors (Lipinski definition) is 3. The van der Waals surface area contributed by atoms with Crippen molar-refractivity contribution in [3.05, 3.63) is 69.9 Å². The molecule has 1 amide bonds. The Bertz CT molecular complexity index is 916. The van der Waals surface area contributed by atoms with Gasteiger partial charge in [0, 0.05) is 17.0 Å². The van der Waals surface area contributed by atoms with Gasteiger partial charge in [0.1, 0.15) is 17.3 Å². The highest BCUT2D eigenvalue weighted by Gasteiger charge is 2.20. The quantitative estimate of drug-likeness (QED) is 0.717. The molecule has 0 aliphatic carbocycles. The average molecular weight is 383 g/mol. The molecule has 0 spiro atoms. The van der Waals surface area contributed by atoms with Gasteiger partial charge in [0.2, 0.25) is 0 Å². The van der Waals surface area contributed by atoms with Crippen molar-refractivity contribution < 1.29 is 9.53 Å². The molecule has 2 aromatic carbocycles. The number of carbonyl (C=O) groups excluding carboxylic acids is 1. The Morgan fingerprint density at radius 2 is 2.00 bits per heavy atom. The summed E-state index contributed by atoms with van der Waals surface area (Å²) in [7, 11) is 1.63. The molecule has 0 atom stereocenters. The van der Waals surface area contributed by atoms with Gasteiger partial charge in [-0.3, -0.25) is 4.79 Å². The van der Waals surface area contributed by atoms with Crippen molar-refractivity contribution in [2.24, 2.45) is 4.99 Å². The van der Waals surface area contributed by atoms with Crippen LogP contribution in [-0.2, 0) is 11.2 Å². The molecule has 0 bridgehead atoms. The number of hydrogen-bond donors (Lipinski definition) is 1. The van der Waals surface area contributed by atoms with E-state index < -0.39 is 0 Å². The van der Waals surface area contributed by atoms with E-state index in [0.717, 1.165) is 23.3 Å². The molecule has 5 heteroatoms. The van der Waals surface area contributed by atoms with Gasteiger partial charge in [-0.25, -0.2) is 4.99 Å². The molecule has 1 aliphatic rings. The summed E-state index contributed by atoms with van der Waals surface area (Å²) < 4.78 is 5.43. The van der Waals surface area contributed by atoms with Crippen molar-refractivity contribution in [2.75, 3.05) is 7.11 Å². The van der Waals surface area contributed by atoms with E-state index in [1.54, 1.807) is 13.2 Å². The highest BCUT2D eigenvalue weighted by atomic mass is 35.5. The largest absolute Gasteiger partial charge is 0.496 e. The first kappa shape index (κ1) is 19.2. The number of amidine groups is 1. The van der Waals surface area contributed by atoms with Gasteiger partial charge in [-0.15, -0.1) is 0 Å². The van der Waals surface area contributed by atoms with Crippen LogP contribution >= 0.6 is 11.6 Å². The van der Waals surface area contributed by atoms with Crippen molar-refractivity contribution in [1.82, 2.24) is 5.32 Å². The van der Waals surface area contributed by atoms with E-state index >= 15 is 0 Å². The van der Waals surface area contributed by atoms with Crippen molar-refractivity contribution >= 4 is 29.4 Å². The second-order valence-corrected chi connectivity index (χ2v) is 7.26. The zero-order chi connectivity index (χ0) is 19.4. The predicted molar refractivity (Wildman–Crippen MR) is 110 cm³/mol. The molecule has 1 N–H and O–H groups in total. The van der Waals surface area contributed by atoms with Crippen LogP contribution < -0.4 is 10.1 Å². The van der Waals surface area contributed by atoms with Gasteiger partial charge in [0.05, 0.1) is 7.11 Å². The summed E-state index contributed by atoms with van der Waals surface area (Å²) in [6.45, 7) is 4.26. The fraction of sp³-hybridized carbons (Fsp3) is 0.273. The number of aryl methyl sites for hydroxylation is 1. The lowest BCUT2D eigenvalue weighted by molar-refractivity contribution is -0.115. The first-order valence-corrected chi connectivity index (χ1v) is 9.37. The molecule has 2 aromatic rings. The lowest BCUT2D eigenvalue weighted by atomic mass is 10.00. The van der Waals surface area contributed by atoms with E-state index in [1.165, 1.54) is 5.56 Å². The standard InChI is InChI=1S/C22H23ClN2O2/c1-14(2)16-8-9-20(27-3)17(12-16)13-19-22(26)25-21(24-19)10-7-15-5-4-6-18(23)11-15/h4-6,8-9,11-14H,7,10H2,1-3H3,(H,24,25,26)/b19-13-. The molecule has 27 heavy (non-hydrogen) atoms. The first-order chi connectivity index (χ1) is 13.0. The summed E-state index contributed by atoms with van der Waals surface area (Å²) in [6.07, 6.45) is 3.19. The second-order valence-electron chi connectivity index (χ2n) is 6.83. The van der Waals surface area contributed by atoms with E-state index in [1.807, 2.05) is 42.5 Å². The SMILES string of the molecule is COc1ccc(C(C)C)cc1/C=C1\N=C(CCc2cccc(Cl)c2)NC1=O. The fourth-order valence-electron chi connectivity index (χ4n) is 2.96. The topological polar surface area (TPSA) is 50.7 Å². The number of nitrogens with zero attached hydrogens (tertiary/aromatic N) is 1. The van der Waals surface area contributed by atoms with E-state index in [-0.39, 0.29) is 5.91 Å². The second kappa shape index (κ2) is 8.40. The van der Waals surface area contributed by atoms with Crippen molar-refractivity contribution in [3.63, 3.8) is 0 Å². The fourth-order valence-corrected chi connectivity index (χ4v) is 3.18. The Kier molecular flexibility index (Phi) is 5.97. The molecular formula is C22H23ClN2O2. The van der Waals surface area contributed by atoms with E-state index in [4.69, 9.17) is 16.3 Å². The lowest BCUT2D eigenvalue weighted by Gasteiger charge is -2.10. The molecule has 0 saturated heterocycles. The minimum Gasteiger partial charge on any atom is -0.496 e. The number of carbonyl (C=O) groups is 1. The maximum Gasteiger partial charge on any atom is 0.275 e. The molecular weight excluding hydrogens is 360 g/mol. The van der Waals surface area contributed by atoms with Gasteiger partial charge in [0.25, 0.3) is 5.91 Å². The molecule has 3 rings (SSSR count). The van der Waals surface area contributed by atoms with Gasteiger partial charge in [-0.2, -0.15) is 0 Å². The highest BCUT2D eigenvalue weighted by Crippen LogP contribution is 2.27. The molecule has 0 saturated carbocycles. The Morgan fingerprint density at radius 3 is 2.70 bits per heavy atom. The van der Waals surface area contributed by atoms with Crippen LogP contribution in [0.4, 0.5) is 0 Å². The van der Waals surface area contributed by atoms with Crippen LogP contribution in [0, 0.1) is 0 Å². The maximum atomic E-state index is 12.3. The number of halogens is 1. The molecule has 140 valence electrons. The number of benzene rings is 2. The molecule has 4 nitrogen and oxygen atoms in total. The number of nitrogens with one attached hydrogen (secondary N) is 1. The van der Waals surface area contributed by atoms with Crippen LogP contribution in [0.25, 0.3) is 6.08 Å². The highest BCUT2D eigenvalue weighted by molar-refractivity contribution is 6.30. The Hall–Kier alpha value is -2.59. The van der Waals surface area contributed by atoms with Crippen LogP contribution in [0.5, 0.6) is 5.75 Å². The molecule has 1 aliphatic heterocycles. The van der Waals surface area contributed by atoms with Gasteiger partial charge >= 0.3 is 0 Å². The van der Waals surface area contributed by atoms with Gasteiger partial charge in [-0.1, -0.05) is 43.6 Å². The summed E-state index contributed by atoms with van der Waals surface area (Å²) in [5, 5.41) is 3.56. The summed E-state index contributed by atoms with van der Waals surface area (Å²) in [6, 6.07) is 13.7. The molecule has 0 radical (unpaired) electrons. The average Bonchev–Trinajstić information content (AvgIpc) is 2.99. The summed E-state index contributed by atoms with van der Waals surface area (Å²) in [5.41, 5.74) is 3.55. The lowest BCUT2D eigenvalue weighted by Crippen LogP contribution is -2.24. The van der Waals surface area contributed by atoms with E-state index in [2.05, 4.69) is 24.2 Å². The number of rotatable bonds is 6. The molecule has 0 fully saturated rings. The van der Waals surface area contributed by atoms with Crippen LogP contribution in [0.2, 0.25) is 5.02 Å². The summed E-state index contributed by atoms with van der Waals surface area (Å²) in [5.74, 6) is 1.60. The maximum absolute atomic E-state index is 12.3. The van der Waals surface area contributed by atoms with Crippen LogP contribution in [0.15, 0.2) is 53.2 Å². The molecule has 0 aromatic heterocycles. The van der Waals surface area contributed by atoms with Crippen molar-refractivity contribution in [2.45, 2.75) is 32.6 Å². The Balaban J connectivity index is 1.80. The zero-order valence-electron chi connectivity index (χ0n) is 15.8. The molecule has 0 unspecified atom stereocenters. The Morgan fingerprint density at radius 1 is 1.19 bits per heavy atom.